The highest BCUT2D eigenvalue weighted by Crippen LogP contribution is 2.36. The number of carbonyl (C=O) groups excluding carboxylic acids is 1. The van der Waals surface area contributed by atoms with Crippen LogP contribution in [0.2, 0.25) is 0 Å². The van der Waals surface area contributed by atoms with Gasteiger partial charge >= 0.3 is 5.97 Å². The van der Waals surface area contributed by atoms with Crippen molar-refractivity contribution in [1.29, 1.82) is 0 Å². The Morgan fingerprint density at radius 3 is 2.88 bits per heavy atom. The van der Waals surface area contributed by atoms with Gasteiger partial charge in [-0.15, -0.1) is 0 Å². The minimum atomic E-state index is -0.354. The largest absolute Gasteiger partial charge is 0.497 e. The third-order valence-electron chi connectivity index (χ3n) is 6.30. The zero-order chi connectivity index (χ0) is 22.5. The van der Waals surface area contributed by atoms with Gasteiger partial charge in [0.1, 0.15) is 5.75 Å². The van der Waals surface area contributed by atoms with Crippen LogP contribution in [0.4, 0.5) is 0 Å². The number of carbonyl (C=O) groups is 1. The molecule has 1 heterocycles. The lowest BCUT2D eigenvalue weighted by Crippen LogP contribution is -2.32. The first-order valence-electron chi connectivity index (χ1n) is 11.0. The maximum Gasteiger partial charge on any atom is 0.330 e. The highest BCUT2D eigenvalue weighted by atomic mass is 16.5. The van der Waals surface area contributed by atoms with Crippen molar-refractivity contribution in [3.63, 3.8) is 0 Å². The molecular weight excluding hydrogens is 404 g/mol. The van der Waals surface area contributed by atoms with Gasteiger partial charge in [0.05, 0.1) is 20.8 Å². The number of ether oxygens (including phenoxy) is 2. The molecule has 0 fully saturated rings. The molecule has 2 N–H and O–H groups in total. The molecule has 2 aromatic carbocycles. The fourth-order valence-corrected chi connectivity index (χ4v) is 4.64. The number of hydrogen-bond acceptors (Lipinski definition) is 5. The summed E-state index contributed by atoms with van der Waals surface area (Å²) in [4.78, 5) is 17.1. The Morgan fingerprint density at radius 1 is 1.22 bits per heavy atom. The van der Waals surface area contributed by atoms with E-state index < -0.39 is 0 Å². The van der Waals surface area contributed by atoms with Crippen molar-refractivity contribution in [1.82, 2.24) is 9.88 Å². The van der Waals surface area contributed by atoms with E-state index in [9.17, 15) is 9.90 Å². The van der Waals surface area contributed by atoms with E-state index in [-0.39, 0.29) is 18.6 Å². The Morgan fingerprint density at radius 2 is 2.09 bits per heavy atom. The van der Waals surface area contributed by atoms with Gasteiger partial charge in [0.25, 0.3) is 0 Å². The summed E-state index contributed by atoms with van der Waals surface area (Å²) in [5, 5.41) is 10.9. The zero-order valence-electron chi connectivity index (χ0n) is 18.6. The summed E-state index contributed by atoms with van der Waals surface area (Å²) in [5.41, 5.74) is 5.98. The number of hydrogen-bond donors (Lipinski definition) is 2. The summed E-state index contributed by atoms with van der Waals surface area (Å²) in [6.07, 6.45) is 8.22. The van der Waals surface area contributed by atoms with Gasteiger partial charge in [-0.2, -0.15) is 0 Å². The number of aliphatic hydroxyl groups is 1. The van der Waals surface area contributed by atoms with E-state index >= 15 is 0 Å². The number of aliphatic hydroxyl groups excluding tert-OH is 1. The molecule has 1 atom stereocenters. The van der Waals surface area contributed by atoms with Crippen LogP contribution in [0.3, 0.4) is 0 Å². The fourth-order valence-electron chi connectivity index (χ4n) is 4.64. The van der Waals surface area contributed by atoms with E-state index in [1.54, 1.807) is 13.2 Å². The number of fused-ring (bicyclic) bond motifs is 2. The van der Waals surface area contributed by atoms with Crippen LogP contribution in [0.5, 0.6) is 5.75 Å². The smallest absolute Gasteiger partial charge is 0.330 e. The number of aromatic amines is 1. The highest BCUT2D eigenvalue weighted by Gasteiger charge is 2.27. The Labute approximate surface area is 188 Å². The van der Waals surface area contributed by atoms with Crippen molar-refractivity contribution in [2.24, 2.45) is 0 Å². The Bertz CT molecular complexity index is 1120. The lowest BCUT2D eigenvalue weighted by molar-refractivity contribution is -0.134. The first-order chi connectivity index (χ1) is 15.6. The van der Waals surface area contributed by atoms with Gasteiger partial charge < -0.3 is 19.6 Å². The van der Waals surface area contributed by atoms with Crippen LogP contribution < -0.4 is 4.74 Å². The van der Waals surface area contributed by atoms with Crippen LogP contribution in [0.15, 0.2) is 48.7 Å². The van der Waals surface area contributed by atoms with E-state index in [1.807, 2.05) is 18.2 Å². The average molecular weight is 435 g/mol. The second kappa shape index (κ2) is 10.0. The SMILES string of the molecule is COC(=O)C=Cc1ccc2c(c1)CCC2N(CCO)CCc1c[nH]c2ccc(OC)cc12. The van der Waals surface area contributed by atoms with Crippen molar-refractivity contribution in [2.75, 3.05) is 33.9 Å². The standard InChI is InChI=1S/C26H30N2O4/c1-31-21-6-8-24-23(16-21)20(17-27-24)11-12-28(13-14-29)25-9-5-19-15-18(3-7-22(19)25)4-10-26(30)32-2/h3-4,6-8,10,15-17,25,27,29H,5,9,11-14H2,1-2H3. The molecule has 1 aliphatic carbocycles. The summed E-state index contributed by atoms with van der Waals surface area (Å²) in [6.45, 7) is 1.63. The molecule has 6 heteroatoms. The molecule has 0 saturated heterocycles. The lowest BCUT2D eigenvalue weighted by Gasteiger charge is -2.29. The number of rotatable bonds is 9. The van der Waals surface area contributed by atoms with Crippen molar-refractivity contribution < 1.29 is 19.4 Å². The molecule has 0 bridgehead atoms. The van der Waals surface area contributed by atoms with E-state index in [0.717, 1.165) is 42.6 Å². The number of aromatic nitrogens is 1. The van der Waals surface area contributed by atoms with Crippen LogP contribution in [0.1, 0.15) is 34.7 Å². The molecule has 0 radical (unpaired) electrons. The van der Waals surface area contributed by atoms with Crippen molar-refractivity contribution in [3.8, 4) is 5.75 Å². The number of nitrogens with one attached hydrogen (secondary N) is 1. The van der Waals surface area contributed by atoms with Crippen LogP contribution in [-0.4, -0.2) is 54.9 Å². The molecule has 0 aliphatic heterocycles. The van der Waals surface area contributed by atoms with Crippen molar-refractivity contribution in [3.05, 3.63) is 70.9 Å². The second-order valence-electron chi connectivity index (χ2n) is 8.10. The van der Waals surface area contributed by atoms with Gasteiger partial charge in [0.15, 0.2) is 0 Å². The third-order valence-corrected chi connectivity index (χ3v) is 6.30. The summed E-state index contributed by atoms with van der Waals surface area (Å²) in [6, 6.07) is 12.7. The topological polar surface area (TPSA) is 74.8 Å². The molecule has 3 aromatic rings. The predicted molar refractivity (Wildman–Crippen MR) is 126 cm³/mol. The fraction of sp³-hybridized carbons (Fsp3) is 0.346. The molecular formula is C26H30N2O4. The Balaban J connectivity index is 1.50. The number of benzene rings is 2. The summed E-state index contributed by atoms with van der Waals surface area (Å²) >= 11 is 0. The summed E-state index contributed by atoms with van der Waals surface area (Å²) in [7, 11) is 3.06. The molecule has 1 unspecified atom stereocenters. The average Bonchev–Trinajstić information content (AvgIpc) is 3.43. The molecule has 4 rings (SSSR count). The van der Waals surface area contributed by atoms with E-state index in [2.05, 4.69) is 39.0 Å². The molecule has 0 saturated carbocycles. The number of H-pyrrole nitrogens is 1. The molecule has 0 spiro atoms. The third kappa shape index (κ3) is 4.71. The van der Waals surface area contributed by atoms with Gasteiger partial charge in [-0.05, 0) is 65.8 Å². The quantitative estimate of drug-likeness (QED) is 0.395. The maximum atomic E-state index is 11.4. The number of aryl methyl sites for hydroxylation is 1. The van der Waals surface area contributed by atoms with E-state index in [0.29, 0.717) is 6.54 Å². The monoisotopic (exact) mass is 434 g/mol. The van der Waals surface area contributed by atoms with Gasteiger partial charge in [0.2, 0.25) is 0 Å². The minimum Gasteiger partial charge on any atom is -0.497 e. The highest BCUT2D eigenvalue weighted by molar-refractivity contribution is 5.87. The first-order valence-corrected chi connectivity index (χ1v) is 11.0. The summed E-state index contributed by atoms with van der Waals surface area (Å²) in [5.74, 6) is 0.500. The Hall–Kier alpha value is -3.09. The molecule has 168 valence electrons. The molecule has 0 amide bonds. The van der Waals surface area contributed by atoms with Crippen LogP contribution in [-0.2, 0) is 22.4 Å². The molecule has 6 nitrogen and oxygen atoms in total. The normalized spacial score (nSPS) is 15.6. The second-order valence-corrected chi connectivity index (χ2v) is 8.10. The van der Waals surface area contributed by atoms with Crippen molar-refractivity contribution in [2.45, 2.75) is 25.3 Å². The van der Waals surface area contributed by atoms with Gasteiger partial charge in [-0.25, -0.2) is 4.79 Å². The molecule has 1 aliphatic rings. The predicted octanol–water partition coefficient (Wildman–Crippen LogP) is 3.89. The van der Waals surface area contributed by atoms with E-state index in [1.165, 1.54) is 35.3 Å². The lowest BCUT2D eigenvalue weighted by atomic mass is 10.0. The van der Waals surface area contributed by atoms with Gasteiger partial charge in [-0.3, -0.25) is 4.90 Å². The summed E-state index contributed by atoms with van der Waals surface area (Å²) < 4.78 is 10.1. The number of methoxy groups -OCH3 is 2. The Kier molecular flexibility index (Phi) is 6.93. The zero-order valence-corrected chi connectivity index (χ0v) is 18.6. The van der Waals surface area contributed by atoms with Gasteiger partial charge in [0, 0.05) is 42.3 Å². The van der Waals surface area contributed by atoms with Crippen LogP contribution in [0, 0.1) is 0 Å². The van der Waals surface area contributed by atoms with E-state index in [4.69, 9.17) is 4.74 Å². The maximum absolute atomic E-state index is 11.4. The van der Waals surface area contributed by atoms with Crippen LogP contribution in [0.25, 0.3) is 17.0 Å². The minimum absolute atomic E-state index is 0.132. The first kappa shape index (κ1) is 22.1. The number of esters is 1. The van der Waals surface area contributed by atoms with Crippen molar-refractivity contribution >= 4 is 22.9 Å². The van der Waals surface area contributed by atoms with Gasteiger partial charge in [-0.1, -0.05) is 18.2 Å². The molecule has 32 heavy (non-hydrogen) atoms. The number of nitrogens with zero attached hydrogens (tertiary/aromatic N) is 1. The van der Waals surface area contributed by atoms with Crippen LogP contribution >= 0.6 is 0 Å². The molecule has 1 aromatic heterocycles.